The zero-order chi connectivity index (χ0) is 23.6. The van der Waals surface area contributed by atoms with Crippen molar-refractivity contribution in [1.82, 2.24) is 0 Å². The first kappa shape index (κ1) is 25.4. The van der Waals surface area contributed by atoms with E-state index in [4.69, 9.17) is 9.47 Å². The van der Waals surface area contributed by atoms with E-state index < -0.39 is 23.4 Å². The molecular weight excluding hydrogens is 429 g/mol. The van der Waals surface area contributed by atoms with Crippen molar-refractivity contribution in [3.63, 3.8) is 0 Å². The lowest BCUT2D eigenvalue weighted by molar-refractivity contribution is -0.130. The van der Waals surface area contributed by atoms with Crippen LogP contribution in [0.2, 0.25) is 0 Å². The van der Waals surface area contributed by atoms with E-state index in [1.165, 1.54) is 37.8 Å². The molecule has 0 bridgehead atoms. The average molecular weight is 465 g/mol. The fraction of sp³-hybridized carbons (Fsp3) is 0.593. The molecule has 0 saturated heterocycles. The average Bonchev–Trinajstić information content (AvgIpc) is 2.84. The third-order valence-corrected chi connectivity index (χ3v) is 6.87. The van der Waals surface area contributed by atoms with Gasteiger partial charge in [0.2, 0.25) is 11.6 Å². The predicted octanol–water partition coefficient (Wildman–Crippen LogP) is 7.50. The number of carbonyl (C=O) groups excluding carboxylic acids is 1. The Morgan fingerprint density at radius 3 is 2.42 bits per heavy atom. The molecule has 0 aromatic heterocycles. The van der Waals surface area contributed by atoms with Crippen molar-refractivity contribution < 1.29 is 27.4 Å². The van der Waals surface area contributed by atoms with Crippen LogP contribution in [0.4, 0.5) is 13.2 Å². The maximum Gasteiger partial charge on any atom is 0.339 e. The van der Waals surface area contributed by atoms with E-state index >= 15 is 0 Å². The van der Waals surface area contributed by atoms with Gasteiger partial charge in [-0.2, -0.15) is 8.78 Å². The number of hydrogen-bond acceptors (Lipinski definition) is 3. The summed E-state index contributed by atoms with van der Waals surface area (Å²) >= 11 is 0. The molecule has 0 spiro atoms. The van der Waals surface area contributed by atoms with Crippen molar-refractivity contribution in [1.29, 1.82) is 0 Å². The van der Waals surface area contributed by atoms with Gasteiger partial charge in [0.05, 0.1) is 13.3 Å². The Bertz CT molecular complexity index is 841. The molecule has 0 heterocycles. The van der Waals surface area contributed by atoms with Crippen molar-refractivity contribution in [2.75, 3.05) is 13.3 Å². The van der Waals surface area contributed by atoms with Crippen molar-refractivity contribution in [3.8, 4) is 11.5 Å². The molecule has 0 amide bonds. The summed E-state index contributed by atoms with van der Waals surface area (Å²) in [6, 6.07) is 2.49. The number of carbonyl (C=O) groups is 1. The fourth-order valence-electron chi connectivity index (χ4n) is 4.95. The molecule has 33 heavy (non-hydrogen) atoms. The van der Waals surface area contributed by atoms with E-state index in [2.05, 4.69) is 12.2 Å². The molecule has 2 aliphatic carbocycles. The summed E-state index contributed by atoms with van der Waals surface area (Å²) in [7, 11) is 0. The van der Waals surface area contributed by atoms with Gasteiger partial charge in [-0.3, -0.25) is 4.39 Å². The van der Waals surface area contributed by atoms with Crippen molar-refractivity contribution in [3.05, 3.63) is 47.6 Å². The zero-order valence-corrected chi connectivity index (χ0v) is 19.5. The maximum absolute atomic E-state index is 14.2. The smallest absolute Gasteiger partial charge is 0.339 e. The lowest BCUT2D eigenvalue weighted by Crippen LogP contribution is -2.24. The molecule has 1 aromatic rings. The van der Waals surface area contributed by atoms with Crippen LogP contribution >= 0.6 is 0 Å². The summed E-state index contributed by atoms with van der Waals surface area (Å²) in [5, 5.41) is 0. The standard InChI is InChI=1S/C27H35F3O3/c1-2-32-23-16-17-24(26(30)25(23)29)33-27(31)22-14-12-21(13-15-22)20-10-8-19(9-11-20)7-5-3-4-6-18-28/h5,7,14,16-17,19-21H,2-4,6,8-13,15,18H2,1H3. The molecule has 1 fully saturated rings. The van der Waals surface area contributed by atoms with Crippen LogP contribution in [0.5, 0.6) is 11.5 Å². The fourth-order valence-corrected chi connectivity index (χ4v) is 4.95. The quantitative estimate of drug-likeness (QED) is 0.156. The van der Waals surface area contributed by atoms with Crippen LogP contribution in [0.25, 0.3) is 0 Å². The monoisotopic (exact) mass is 464 g/mol. The Morgan fingerprint density at radius 2 is 1.76 bits per heavy atom. The third kappa shape index (κ3) is 7.12. The first-order valence-electron chi connectivity index (χ1n) is 12.3. The van der Waals surface area contributed by atoms with Crippen LogP contribution in [0.3, 0.4) is 0 Å². The SMILES string of the molecule is CCOc1ccc(OC(=O)C2=CCC(C3CCC(C=CCCCCF)CC3)CC2)c(F)c1F. The molecule has 1 aromatic carbocycles. The van der Waals surface area contributed by atoms with Gasteiger partial charge in [-0.25, -0.2) is 4.79 Å². The third-order valence-electron chi connectivity index (χ3n) is 6.87. The highest BCUT2D eigenvalue weighted by Gasteiger charge is 2.30. The molecule has 3 nitrogen and oxygen atoms in total. The van der Waals surface area contributed by atoms with Gasteiger partial charge in [-0.1, -0.05) is 18.2 Å². The lowest BCUT2D eigenvalue weighted by atomic mass is 9.71. The van der Waals surface area contributed by atoms with E-state index in [1.54, 1.807) is 6.92 Å². The van der Waals surface area contributed by atoms with Crippen molar-refractivity contribution in [2.45, 2.75) is 71.1 Å². The summed E-state index contributed by atoms with van der Waals surface area (Å²) < 4.78 is 50.5. The van der Waals surface area contributed by atoms with E-state index in [0.717, 1.165) is 25.7 Å². The molecule has 2 aliphatic rings. The Labute approximate surface area is 195 Å². The molecule has 0 aliphatic heterocycles. The van der Waals surface area contributed by atoms with Gasteiger partial charge in [0, 0.05) is 5.57 Å². The molecule has 1 atom stereocenters. The van der Waals surface area contributed by atoms with Crippen LogP contribution in [-0.2, 0) is 4.79 Å². The summed E-state index contributed by atoms with van der Waals surface area (Å²) in [6.07, 6.45) is 16.0. The molecule has 3 rings (SSSR count). The molecule has 0 N–H and O–H groups in total. The number of unbranched alkanes of at least 4 members (excludes halogenated alkanes) is 2. The zero-order valence-electron chi connectivity index (χ0n) is 19.5. The predicted molar refractivity (Wildman–Crippen MR) is 123 cm³/mol. The van der Waals surface area contributed by atoms with Crippen molar-refractivity contribution in [2.24, 2.45) is 17.8 Å². The second-order valence-corrected chi connectivity index (χ2v) is 9.06. The highest BCUT2D eigenvalue weighted by Crippen LogP contribution is 2.40. The Kier molecular flexibility index (Phi) is 9.89. The minimum Gasteiger partial charge on any atom is -0.491 e. The molecular formula is C27H35F3O3. The van der Waals surface area contributed by atoms with Crippen LogP contribution in [0.1, 0.15) is 71.1 Å². The Balaban J connectivity index is 1.46. The maximum atomic E-state index is 14.2. The number of allylic oxidation sites excluding steroid dienone is 3. The number of hydrogen-bond donors (Lipinski definition) is 0. The number of ether oxygens (including phenoxy) is 2. The summed E-state index contributed by atoms with van der Waals surface area (Å²) in [5.41, 5.74) is 0.532. The van der Waals surface area contributed by atoms with E-state index in [1.807, 2.05) is 6.08 Å². The number of halogens is 3. The van der Waals surface area contributed by atoms with Crippen LogP contribution < -0.4 is 9.47 Å². The number of benzene rings is 1. The second kappa shape index (κ2) is 12.9. The van der Waals surface area contributed by atoms with Gasteiger partial charge >= 0.3 is 5.97 Å². The van der Waals surface area contributed by atoms with Crippen LogP contribution in [0.15, 0.2) is 35.9 Å². The lowest BCUT2D eigenvalue weighted by Gasteiger charge is -2.34. The second-order valence-electron chi connectivity index (χ2n) is 9.06. The Hall–Kier alpha value is -2.24. The Morgan fingerprint density at radius 1 is 1.03 bits per heavy atom. The van der Waals surface area contributed by atoms with E-state index in [9.17, 15) is 18.0 Å². The van der Waals surface area contributed by atoms with E-state index in [-0.39, 0.29) is 19.0 Å². The first-order chi connectivity index (χ1) is 16.0. The van der Waals surface area contributed by atoms with Gasteiger partial charge in [-0.05, 0) is 101 Å². The summed E-state index contributed by atoms with van der Waals surface area (Å²) in [6.45, 7) is 1.66. The largest absolute Gasteiger partial charge is 0.491 e. The van der Waals surface area contributed by atoms with E-state index in [0.29, 0.717) is 36.2 Å². The number of rotatable bonds is 10. The summed E-state index contributed by atoms with van der Waals surface area (Å²) in [5.74, 6) is -1.75. The molecule has 182 valence electrons. The van der Waals surface area contributed by atoms with Gasteiger partial charge in [-0.15, -0.1) is 0 Å². The van der Waals surface area contributed by atoms with Gasteiger partial charge in [0.1, 0.15) is 0 Å². The minimum absolute atomic E-state index is 0.198. The van der Waals surface area contributed by atoms with Gasteiger partial charge < -0.3 is 9.47 Å². The topological polar surface area (TPSA) is 35.5 Å². The molecule has 1 unspecified atom stereocenters. The van der Waals surface area contributed by atoms with Gasteiger partial charge in [0.15, 0.2) is 11.5 Å². The van der Waals surface area contributed by atoms with Crippen LogP contribution in [-0.4, -0.2) is 19.3 Å². The van der Waals surface area contributed by atoms with Crippen LogP contribution in [0, 0.1) is 29.4 Å². The highest BCUT2D eigenvalue weighted by molar-refractivity contribution is 5.90. The number of esters is 1. The first-order valence-corrected chi connectivity index (χ1v) is 12.3. The molecule has 1 saturated carbocycles. The molecule has 0 radical (unpaired) electrons. The van der Waals surface area contributed by atoms with Gasteiger partial charge in [0.25, 0.3) is 0 Å². The molecule has 6 heteroatoms. The summed E-state index contributed by atoms with van der Waals surface area (Å²) in [4.78, 5) is 12.5. The minimum atomic E-state index is -1.21. The normalized spacial score (nSPS) is 23.4. The highest BCUT2D eigenvalue weighted by atomic mass is 19.2. The number of alkyl halides is 1. The van der Waals surface area contributed by atoms with Crippen molar-refractivity contribution >= 4 is 5.97 Å².